The molecule has 76 valence electrons. The summed E-state index contributed by atoms with van der Waals surface area (Å²) in [5, 5.41) is 3.38. The number of hydrogen-bond donors (Lipinski definition) is 1. The number of piperidine rings is 1. The Morgan fingerprint density at radius 3 is 2.57 bits per heavy atom. The minimum atomic E-state index is 0.822. The Kier molecular flexibility index (Phi) is 3.09. The zero-order chi connectivity index (χ0) is 9.80. The summed E-state index contributed by atoms with van der Waals surface area (Å²) in [7, 11) is 0. The van der Waals surface area contributed by atoms with Gasteiger partial charge < -0.3 is 5.32 Å². The standard InChI is InChI=1S/C11H17N3/c1-9-13-7-11(8-14-9)6-10-2-4-12-5-3-10/h7-8,10,12H,2-6H2,1H3. The van der Waals surface area contributed by atoms with Gasteiger partial charge in [-0.05, 0) is 50.8 Å². The third kappa shape index (κ3) is 2.51. The molecular weight excluding hydrogens is 174 g/mol. The van der Waals surface area contributed by atoms with Gasteiger partial charge in [-0.15, -0.1) is 0 Å². The Morgan fingerprint density at radius 1 is 1.29 bits per heavy atom. The Balaban J connectivity index is 1.92. The maximum Gasteiger partial charge on any atom is 0.125 e. The fraction of sp³-hybridized carbons (Fsp3) is 0.636. The third-order valence-corrected chi connectivity index (χ3v) is 2.82. The van der Waals surface area contributed by atoms with Gasteiger partial charge in [0, 0.05) is 12.4 Å². The summed E-state index contributed by atoms with van der Waals surface area (Å²) in [5.74, 6) is 1.68. The van der Waals surface area contributed by atoms with Crippen LogP contribution in [0.15, 0.2) is 12.4 Å². The normalized spacial score (nSPS) is 18.4. The van der Waals surface area contributed by atoms with Gasteiger partial charge in [0.15, 0.2) is 0 Å². The molecule has 0 bridgehead atoms. The Hall–Kier alpha value is -0.960. The summed E-state index contributed by atoms with van der Waals surface area (Å²) in [5.41, 5.74) is 1.28. The van der Waals surface area contributed by atoms with Crippen LogP contribution < -0.4 is 5.32 Å². The Labute approximate surface area is 85.0 Å². The van der Waals surface area contributed by atoms with Crippen molar-refractivity contribution in [3.05, 3.63) is 23.8 Å². The van der Waals surface area contributed by atoms with E-state index < -0.39 is 0 Å². The van der Waals surface area contributed by atoms with Crippen molar-refractivity contribution >= 4 is 0 Å². The molecule has 3 heteroatoms. The van der Waals surface area contributed by atoms with Crippen LogP contribution in [0.4, 0.5) is 0 Å². The van der Waals surface area contributed by atoms with Crippen LogP contribution in [-0.4, -0.2) is 23.1 Å². The molecule has 1 fully saturated rings. The average molecular weight is 191 g/mol. The van der Waals surface area contributed by atoms with E-state index in [1.165, 1.54) is 18.4 Å². The van der Waals surface area contributed by atoms with Gasteiger partial charge in [0.25, 0.3) is 0 Å². The molecular formula is C11H17N3. The number of rotatable bonds is 2. The molecule has 0 amide bonds. The molecule has 2 rings (SSSR count). The van der Waals surface area contributed by atoms with Crippen molar-refractivity contribution in [3.63, 3.8) is 0 Å². The van der Waals surface area contributed by atoms with Crippen molar-refractivity contribution in [2.24, 2.45) is 5.92 Å². The van der Waals surface area contributed by atoms with Crippen LogP contribution in [0.3, 0.4) is 0 Å². The highest BCUT2D eigenvalue weighted by Crippen LogP contribution is 2.16. The molecule has 2 heterocycles. The molecule has 0 radical (unpaired) electrons. The lowest BCUT2D eigenvalue weighted by Gasteiger charge is -2.22. The predicted octanol–water partition coefficient (Wildman–Crippen LogP) is 1.33. The van der Waals surface area contributed by atoms with Crippen LogP contribution in [0.25, 0.3) is 0 Å². The van der Waals surface area contributed by atoms with Crippen molar-refractivity contribution in [1.82, 2.24) is 15.3 Å². The molecule has 0 atom stereocenters. The van der Waals surface area contributed by atoms with Crippen LogP contribution in [0.5, 0.6) is 0 Å². The van der Waals surface area contributed by atoms with Crippen molar-refractivity contribution in [3.8, 4) is 0 Å². The van der Waals surface area contributed by atoms with Gasteiger partial charge in [-0.1, -0.05) is 0 Å². The van der Waals surface area contributed by atoms with Gasteiger partial charge in [0.05, 0.1) is 0 Å². The number of nitrogens with zero attached hydrogens (tertiary/aromatic N) is 2. The summed E-state index contributed by atoms with van der Waals surface area (Å²) in [6.07, 6.45) is 7.64. The predicted molar refractivity (Wildman–Crippen MR) is 56.1 cm³/mol. The van der Waals surface area contributed by atoms with E-state index in [4.69, 9.17) is 0 Å². The maximum atomic E-state index is 4.22. The summed E-state index contributed by atoms with van der Waals surface area (Å²) >= 11 is 0. The van der Waals surface area contributed by atoms with E-state index in [0.717, 1.165) is 31.3 Å². The molecule has 1 aliphatic rings. The second kappa shape index (κ2) is 4.51. The summed E-state index contributed by atoms with van der Waals surface area (Å²) in [6.45, 7) is 4.25. The lowest BCUT2D eigenvalue weighted by Crippen LogP contribution is -2.28. The second-order valence-electron chi connectivity index (χ2n) is 4.04. The molecule has 1 saturated heterocycles. The quantitative estimate of drug-likeness (QED) is 0.766. The summed E-state index contributed by atoms with van der Waals surface area (Å²) in [4.78, 5) is 8.44. The van der Waals surface area contributed by atoms with Crippen molar-refractivity contribution in [1.29, 1.82) is 0 Å². The molecule has 1 aromatic rings. The fourth-order valence-electron chi connectivity index (χ4n) is 1.94. The zero-order valence-electron chi connectivity index (χ0n) is 8.66. The van der Waals surface area contributed by atoms with Gasteiger partial charge in [0.1, 0.15) is 5.82 Å². The number of nitrogens with one attached hydrogen (secondary N) is 1. The minimum absolute atomic E-state index is 0.822. The van der Waals surface area contributed by atoms with E-state index in [0.29, 0.717) is 0 Å². The molecule has 0 aromatic carbocycles. The van der Waals surface area contributed by atoms with E-state index in [1.54, 1.807) is 0 Å². The number of aryl methyl sites for hydroxylation is 1. The van der Waals surface area contributed by atoms with E-state index in [9.17, 15) is 0 Å². The van der Waals surface area contributed by atoms with Gasteiger partial charge >= 0.3 is 0 Å². The highest BCUT2D eigenvalue weighted by molar-refractivity contribution is 5.06. The number of aromatic nitrogens is 2. The molecule has 0 unspecified atom stereocenters. The topological polar surface area (TPSA) is 37.8 Å². The molecule has 1 aliphatic heterocycles. The largest absolute Gasteiger partial charge is 0.317 e. The van der Waals surface area contributed by atoms with Crippen LogP contribution >= 0.6 is 0 Å². The molecule has 0 saturated carbocycles. The summed E-state index contributed by atoms with van der Waals surface area (Å²) in [6, 6.07) is 0. The van der Waals surface area contributed by atoms with E-state index in [-0.39, 0.29) is 0 Å². The van der Waals surface area contributed by atoms with Gasteiger partial charge in [0.2, 0.25) is 0 Å². The monoisotopic (exact) mass is 191 g/mol. The first-order valence-corrected chi connectivity index (χ1v) is 5.33. The first kappa shape index (κ1) is 9.59. The SMILES string of the molecule is Cc1ncc(CC2CCNCC2)cn1. The van der Waals surface area contributed by atoms with Crippen LogP contribution in [0, 0.1) is 12.8 Å². The van der Waals surface area contributed by atoms with Crippen LogP contribution in [0.2, 0.25) is 0 Å². The first-order valence-electron chi connectivity index (χ1n) is 5.33. The highest BCUT2D eigenvalue weighted by Gasteiger charge is 2.13. The zero-order valence-corrected chi connectivity index (χ0v) is 8.66. The second-order valence-corrected chi connectivity index (χ2v) is 4.04. The van der Waals surface area contributed by atoms with Crippen molar-refractivity contribution in [2.75, 3.05) is 13.1 Å². The molecule has 0 spiro atoms. The molecule has 1 N–H and O–H groups in total. The average Bonchev–Trinajstić information content (AvgIpc) is 2.23. The van der Waals surface area contributed by atoms with Gasteiger partial charge in [-0.3, -0.25) is 0 Å². The molecule has 1 aromatic heterocycles. The van der Waals surface area contributed by atoms with Crippen LogP contribution in [0.1, 0.15) is 24.2 Å². The summed E-state index contributed by atoms with van der Waals surface area (Å²) < 4.78 is 0. The maximum absolute atomic E-state index is 4.22. The lowest BCUT2D eigenvalue weighted by molar-refractivity contribution is 0.372. The third-order valence-electron chi connectivity index (χ3n) is 2.82. The van der Waals surface area contributed by atoms with E-state index >= 15 is 0 Å². The first-order chi connectivity index (χ1) is 6.84. The number of hydrogen-bond acceptors (Lipinski definition) is 3. The molecule has 14 heavy (non-hydrogen) atoms. The van der Waals surface area contributed by atoms with Gasteiger partial charge in [-0.25, -0.2) is 9.97 Å². The lowest BCUT2D eigenvalue weighted by atomic mass is 9.92. The van der Waals surface area contributed by atoms with Crippen molar-refractivity contribution in [2.45, 2.75) is 26.2 Å². The Bertz CT molecular complexity index is 275. The fourth-order valence-corrected chi connectivity index (χ4v) is 1.94. The van der Waals surface area contributed by atoms with E-state index in [2.05, 4.69) is 15.3 Å². The van der Waals surface area contributed by atoms with Crippen LogP contribution in [-0.2, 0) is 6.42 Å². The smallest absolute Gasteiger partial charge is 0.125 e. The van der Waals surface area contributed by atoms with Crippen molar-refractivity contribution < 1.29 is 0 Å². The van der Waals surface area contributed by atoms with Gasteiger partial charge in [-0.2, -0.15) is 0 Å². The molecule has 0 aliphatic carbocycles. The Morgan fingerprint density at radius 2 is 1.93 bits per heavy atom. The minimum Gasteiger partial charge on any atom is -0.317 e. The van der Waals surface area contributed by atoms with E-state index in [1.807, 2.05) is 19.3 Å². The molecule has 3 nitrogen and oxygen atoms in total. The highest BCUT2D eigenvalue weighted by atomic mass is 14.9.